The maximum Gasteiger partial charge on any atom is 0.289 e. The average Bonchev–Trinajstić information content (AvgIpc) is 3.37. The van der Waals surface area contributed by atoms with Crippen LogP contribution in [-0.4, -0.2) is 58.6 Å². The zero-order chi connectivity index (χ0) is 29.6. The van der Waals surface area contributed by atoms with Crippen LogP contribution in [0.3, 0.4) is 0 Å². The minimum Gasteiger partial charge on any atom is -0.347 e. The first kappa shape index (κ1) is 31.2. The molecule has 2 aromatic rings. The highest BCUT2D eigenvalue weighted by Gasteiger charge is 2.36. The first-order chi connectivity index (χ1) is 18.8. The summed E-state index contributed by atoms with van der Waals surface area (Å²) in [5.74, 6) is -3.30. The molecule has 0 saturated heterocycles. The number of fused-ring (bicyclic) bond motifs is 1. The number of hydrogen-bond donors (Lipinski definition) is 4. The lowest BCUT2D eigenvalue weighted by Gasteiger charge is -2.31. The maximum absolute atomic E-state index is 13.3. The third-order valence-electron chi connectivity index (χ3n) is 7.16. The number of aromatic nitrogens is 1. The molecule has 1 aromatic carbocycles. The molecule has 3 rings (SSSR count). The number of nitrogens with one attached hydrogen (secondary N) is 4. The fraction of sp³-hybridized carbons (Fsp3) is 0.586. The molecule has 0 aliphatic heterocycles. The summed E-state index contributed by atoms with van der Waals surface area (Å²) < 4.78 is 0.858. The monoisotopic (exact) mass is 571 g/mol. The molecule has 1 aromatic heterocycles. The first-order valence-electron chi connectivity index (χ1n) is 13.9. The van der Waals surface area contributed by atoms with Gasteiger partial charge >= 0.3 is 0 Å². The third-order valence-corrected chi connectivity index (χ3v) is 7.95. The Morgan fingerprint density at radius 3 is 2.23 bits per heavy atom. The number of Topliss-reactive ketones (excluding diaryl/α,β-unsaturated/α-hetero) is 1. The molecule has 40 heavy (non-hydrogen) atoms. The Morgan fingerprint density at radius 2 is 1.60 bits per heavy atom. The highest BCUT2D eigenvalue weighted by molar-refractivity contribution is 7.16. The molecule has 218 valence electrons. The minimum atomic E-state index is -1.03. The second-order valence-electron chi connectivity index (χ2n) is 11.9. The van der Waals surface area contributed by atoms with Gasteiger partial charge in [-0.25, -0.2) is 4.98 Å². The van der Waals surface area contributed by atoms with Crippen molar-refractivity contribution in [3.05, 3.63) is 29.3 Å². The Kier molecular flexibility index (Phi) is 10.4. The summed E-state index contributed by atoms with van der Waals surface area (Å²) in [7, 11) is 0. The number of rotatable bonds is 10. The topological polar surface area (TPSA) is 146 Å². The van der Waals surface area contributed by atoms with Crippen LogP contribution < -0.4 is 21.3 Å². The fourth-order valence-corrected chi connectivity index (χ4v) is 5.42. The van der Waals surface area contributed by atoms with Crippen LogP contribution in [0.2, 0.25) is 0 Å². The summed E-state index contributed by atoms with van der Waals surface area (Å²) in [6.45, 7) is 10.4. The van der Waals surface area contributed by atoms with Crippen molar-refractivity contribution in [2.24, 2.45) is 11.3 Å². The molecular weight excluding hydrogens is 530 g/mol. The first-order valence-corrected chi connectivity index (χ1v) is 14.8. The number of nitrogens with zero attached hydrogens (tertiary/aromatic N) is 1. The summed E-state index contributed by atoms with van der Waals surface area (Å²) in [6.07, 6.45) is 4.82. The van der Waals surface area contributed by atoms with Crippen LogP contribution in [0.5, 0.6) is 0 Å². The number of ketones is 1. The Balaban J connectivity index is 1.63. The summed E-state index contributed by atoms with van der Waals surface area (Å²) in [5.41, 5.74) is 2.22. The van der Waals surface area contributed by atoms with E-state index in [4.69, 9.17) is 0 Å². The van der Waals surface area contributed by atoms with Crippen LogP contribution in [0.15, 0.2) is 23.7 Å². The second-order valence-corrected chi connectivity index (χ2v) is 12.8. The predicted molar refractivity (Wildman–Crippen MR) is 155 cm³/mol. The molecular formula is C29H41N5O5S. The van der Waals surface area contributed by atoms with Crippen molar-refractivity contribution in [1.29, 1.82) is 0 Å². The van der Waals surface area contributed by atoms with Gasteiger partial charge in [0.25, 0.3) is 11.8 Å². The van der Waals surface area contributed by atoms with Gasteiger partial charge in [0.05, 0.1) is 21.8 Å². The van der Waals surface area contributed by atoms with Gasteiger partial charge in [0, 0.05) is 11.6 Å². The molecule has 10 nitrogen and oxygen atoms in total. The van der Waals surface area contributed by atoms with Crippen molar-refractivity contribution in [2.75, 3.05) is 0 Å². The standard InChI is InChI=1S/C29H41N5O5S/c1-16(2)22(23(35)27(38)32-19-10-8-7-9-11-19)33-25(36)17(3)31-28(39)24(29(4,5)6)34-26(37)18-12-13-20-21(14-18)40-15-30-20/h12-17,19,22,24H,7-11H2,1-6H3,(H,31,39)(H,32,38)(H,33,36)(H,34,37). The minimum absolute atomic E-state index is 0.0274. The van der Waals surface area contributed by atoms with Gasteiger partial charge in [0.15, 0.2) is 0 Å². The third kappa shape index (κ3) is 8.09. The van der Waals surface area contributed by atoms with E-state index >= 15 is 0 Å². The molecule has 11 heteroatoms. The summed E-state index contributed by atoms with van der Waals surface area (Å²) in [4.78, 5) is 69.1. The molecule has 0 spiro atoms. The van der Waals surface area contributed by atoms with Crippen molar-refractivity contribution in [3.8, 4) is 0 Å². The van der Waals surface area contributed by atoms with Crippen LogP contribution in [0.1, 0.15) is 84.0 Å². The lowest BCUT2D eigenvalue weighted by molar-refractivity contribution is -0.141. The van der Waals surface area contributed by atoms with E-state index < -0.39 is 53.0 Å². The molecule has 1 aliphatic carbocycles. The SMILES string of the molecule is CC(NC(=O)C(NC(=O)c1ccc2ncsc2c1)C(C)(C)C)C(=O)NC(C(=O)C(=O)NC1CCCCC1)C(C)C. The molecule has 0 radical (unpaired) electrons. The second kappa shape index (κ2) is 13.3. The van der Waals surface area contributed by atoms with Crippen LogP contribution in [0, 0.1) is 11.3 Å². The van der Waals surface area contributed by atoms with Crippen LogP contribution in [0.4, 0.5) is 0 Å². The molecule has 1 fully saturated rings. The van der Waals surface area contributed by atoms with Gasteiger partial charge in [-0.2, -0.15) is 0 Å². The van der Waals surface area contributed by atoms with E-state index in [0.29, 0.717) is 5.56 Å². The zero-order valence-electron chi connectivity index (χ0n) is 24.1. The molecule has 1 saturated carbocycles. The van der Waals surface area contributed by atoms with Crippen molar-refractivity contribution in [1.82, 2.24) is 26.3 Å². The van der Waals surface area contributed by atoms with Crippen molar-refractivity contribution < 1.29 is 24.0 Å². The van der Waals surface area contributed by atoms with Crippen molar-refractivity contribution in [3.63, 3.8) is 0 Å². The molecule has 4 N–H and O–H groups in total. The Hall–Kier alpha value is -3.34. The molecule has 4 amide bonds. The molecule has 1 heterocycles. The van der Waals surface area contributed by atoms with Gasteiger partial charge in [-0.3, -0.25) is 24.0 Å². The predicted octanol–water partition coefficient (Wildman–Crippen LogP) is 3.10. The van der Waals surface area contributed by atoms with Crippen LogP contribution >= 0.6 is 11.3 Å². The number of amides is 4. The number of thiazole rings is 1. The number of hydrogen-bond acceptors (Lipinski definition) is 7. The smallest absolute Gasteiger partial charge is 0.289 e. The van der Waals surface area contributed by atoms with Gasteiger partial charge in [0.2, 0.25) is 17.6 Å². The average molecular weight is 572 g/mol. The number of benzene rings is 1. The fourth-order valence-electron chi connectivity index (χ4n) is 4.71. The van der Waals surface area contributed by atoms with E-state index in [-0.39, 0.29) is 12.0 Å². The summed E-state index contributed by atoms with van der Waals surface area (Å²) >= 11 is 1.42. The van der Waals surface area contributed by atoms with E-state index in [9.17, 15) is 24.0 Å². The van der Waals surface area contributed by atoms with E-state index in [0.717, 1.165) is 42.3 Å². The lowest BCUT2D eigenvalue weighted by Crippen LogP contribution is -2.59. The summed E-state index contributed by atoms with van der Waals surface area (Å²) in [6, 6.07) is 2.11. The Bertz CT molecular complexity index is 1240. The maximum atomic E-state index is 13.3. The van der Waals surface area contributed by atoms with Crippen LogP contribution in [-0.2, 0) is 19.2 Å². The van der Waals surface area contributed by atoms with Gasteiger partial charge < -0.3 is 21.3 Å². The van der Waals surface area contributed by atoms with Gasteiger partial charge in [-0.05, 0) is 49.3 Å². The van der Waals surface area contributed by atoms with Crippen LogP contribution in [0.25, 0.3) is 10.2 Å². The molecule has 1 aliphatic rings. The normalized spacial score (nSPS) is 16.6. The lowest BCUT2D eigenvalue weighted by atomic mass is 9.85. The highest BCUT2D eigenvalue weighted by atomic mass is 32.1. The van der Waals surface area contributed by atoms with Crippen molar-refractivity contribution in [2.45, 2.75) is 97.8 Å². The molecule has 3 atom stereocenters. The quantitative estimate of drug-likeness (QED) is 0.322. The van der Waals surface area contributed by atoms with E-state index in [2.05, 4.69) is 26.3 Å². The molecule has 0 bridgehead atoms. The number of carbonyl (C=O) groups excluding carboxylic acids is 5. The zero-order valence-corrected chi connectivity index (χ0v) is 24.9. The van der Waals surface area contributed by atoms with E-state index in [1.54, 1.807) is 37.6 Å². The number of carbonyl (C=O) groups is 5. The molecule has 3 unspecified atom stereocenters. The van der Waals surface area contributed by atoms with Gasteiger partial charge in [0.1, 0.15) is 12.1 Å². The largest absolute Gasteiger partial charge is 0.347 e. The Morgan fingerprint density at radius 1 is 0.925 bits per heavy atom. The van der Waals surface area contributed by atoms with Gasteiger partial charge in [-0.1, -0.05) is 53.9 Å². The van der Waals surface area contributed by atoms with E-state index in [1.165, 1.54) is 18.3 Å². The Labute approximate surface area is 239 Å². The van der Waals surface area contributed by atoms with Crippen molar-refractivity contribution >= 4 is 51.0 Å². The summed E-state index contributed by atoms with van der Waals surface area (Å²) in [5, 5.41) is 10.9. The highest BCUT2D eigenvalue weighted by Crippen LogP contribution is 2.22. The van der Waals surface area contributed by atoms with Gasteiger partial charge in [-0.15, -0.1) is 11.3 Å². The van der Waals surface area contributed by atoms with E-state index in [1.807, 2.05) is 20.8 Å².